The van der Waals surface area contributed by atoms with Crippen LogP contribution in [0.2, 0.25) is 0 Å². The minimum atomic E-state index is -1.05. The van der Waals surface area contributed by atoms with E-state index < -0.39 is 5.54 Å². The number of hydrogen-bond donors (Lipinski definition) is 1. The Morgan fingerprint density at radius 2 is 1.80 bits per heavy atom. The van der Waals surface area contributed by atoms with Crippen molar-refractivity contribution in [1.82, 2.24) is 10.2 Å². The van der Waals surface area contributed by atoms with Gasteiger partial charge in [-0.15, -0.1) is 13.2 Å². The number of ether oxygens (including phenoxy) is 2. The van der Waals surface area contributed by atoms with E-state index in [9.17, 15) is 10.1 Å². The first-order chi connectivity index (χ1) is 16.9. The topological polar surface area (TPSA) is 74.6 Å². The Hall–Kier alpha value is -4.08. The Bertz CT molecular complexity index is 1270. The first-order valence-corrected chi connectivity index (χ1v) is 11.3. The first kappa shape index (κ1) is 25.5. The molecule has 3 aromatic carbocycles. The van der Waals surface area contributed by atoms with Crippen molar-refractivity contribution in [2.75, 3.05) is 27.3 Å². The normalized spacial score (nSPS) is 12.4. The van der Waals surface area contributed by atoms with E-state index in [-0.39, 0.29) is 12.5 Å². The summed E-state index contributed by atoms with van der Waals surface area (Å²) in [5.41, 5.74) is 0.904. The highest BCUT2D eigenvalue weighted by Crippen LogP contribution is 2.34. The van der Waals surface area contributed by atoms with E-state index in [0.29, 0.717) is 30.2 Å². The Morgan fingerprint density at radius 3 is 2.43 bits per heavy atom. The average molecular weight is 470 g/mol. The highest BCUT2D eigenvalue weighted by Gasteiger charge is 2.40. The molecule has 0 saturated carbocycles. The second-order valence-electron chi connectivity index (χ2n) is 8.24. The van der Waals surface area contributed by atoms with Crippen molar-refractivity contribution < 1.29 is 14.3 Å². The second-order valence-corrected chi connectivity index (χ2v) is 8.24. The molecule has 1 amide bonds. The van der Waals surface area contributed by atoms with Gasteiger partial charge in [0.1, 0.15) is 23.1 Å². The van der Waals surface area contributed by atoms with Crippen molar-refractivity contribution in [3.8, 4) is 17.6 Å². The Morgan fingerprint density at radius 1 is 1.09 bits per heavy atom. The van der Waals surface area contributed by atoms with Crippen LogP contribution in [0.5, 0.6) is 11.5 Å². The minimum Gasteiger partial charge on any atom is -0.497 e. The summed E-state index contributed by atoms with van der Waals surface area (Å²) in [5.74, 6) is 0.916. The van der Waals surface area contributed by atoms with Crippen LogP contribution >= 0.6 is 0 Å². The number of hydrogen-bond acceptors (Lipinski definition) is 5. The molecule has 0 aliphatic heterocycles. The molecule has 0 aliphatic carbocycles. The molecule has 0 aromatic heterocycles. The number of amides is 1. The van der Waals surface area contributed by atoms with E-state index in [4.69, 9.17) is 9.47 Å². The van der Waals surface area contributed by atoms with E-state index >= 15 is 0 Å². The van der Waals surface area contributed by atoms with E-state index in [1.165, 1.54) is 7.11 Å². The zero-order valence-electron chi connectivity index (χ0n) is 20.5. The quantitative estimate of drug-likeness (QED) is 0.403. The van der Waals surface area contributed by atoms with Crippen LogP contribution in [0.25, 0.3) is 10.8 Å². The molecule has 180 valence electrons. The summed E-state index contributed by atoms with van der Waals surface area (Å²) >= 11 is 0. The van der Waals surface area contributed by atoms with Crippen LogP contribution < -0.4 is 14.8 Å². The van der Waals surface area contributed by atoms with E-state index in [1.54, 1.807) is 25.3 Å². The van der Waals surface area contributed by atoms with Crippen LogP contribution in [-0.2, 0) is 16.9 Å². The third-order valence-electron chi connectivity index (χ3n) is 6.26. The summed E-state index contributed by atoms with van der Waals surface area (Å²) in [4.78, 5) is 15.9. The average Bonchev–Trinajstić information content (AvgIpc) is 2.90. The predicted molar refractivity (Wildman–Crippen MR) is 139 cm³/mol. The van der Waals surface area contributed by atoms with Gasteiger partial charge in [0.2, 0.25) is 5.91 Å². The molecule has 3 rings (SSSR count). The van der Waals surface area contributed by atoms with Gasteiger partial charge in [0, 0.05) is 25.2 Å². The Labute approximate surface area is 207 Å². The molecule has 0 aliphatic rings. The van der Waals surface area contributed by atoms with E-state index in [1.807, 2.05) is 60.4 Å². The summed E-state index contributed by atoms with van der Waals surface area (Å²) in [6.07, 6.45) is 3.53. The summed E-state index contributed by atoms with van der Waals surface area (Å²) < 4.78 is 11.0. The number of carbonyl (C=O) groups is 1. The number of methoxy groups -OCH3 is 2. The van der Waals surface area contributed by atoms with Crippen molar-refractivity contribution >= 4 is 16.7 Å². The molecule has 0 radical (unpaired) electrons. The van der Waals surface area contributed by atoms with Gasteiger partial charge in [-0.25, -0.2) is 0 Å². The number of benzene rings is 3. The number of rotatable bonds is 11. The summed E-state index contributed by atoms with van der Waals surface area (Å²) in [7, 11) is 3.13. The molecule has 6 nitrogen and oxygen atoms in total. The van der Waals surface area contributed by atoms with E-state index in [0.717, 1.165) is 21.9 Å². The maximum atomic E-state index is 14.0. The molecule has 0 fully saturated rings. The highest BCUT2D eigenvalue weighted by atomic mass is 16.5. The van der Waals surface area contributed by atoms with Crippen LogP contribution in [-0.4, -0.2) is 38.1 Å². The van der Waals surface area contributed by atoms with Gasteiger partial charge in [-0.05, 0) is 41.5 Å². The highest BCUT2D eigenvalue weighted by molar-refractivity contribution is 5.91. The maximum absolute atomic E-state index is 14.0. The molecule has 0 spiro atoms. The molecule has 35 heavy (non-hydrogen) atoms. The number of fused-ring (bicyclic) bond motifs is 1. The number of nitrogens with zero attached hydrogens (tertiary/aromatic N) is 2. The minimum absolute atomic E-state index is 0.188. The number of carbonyl (C=O) groups excluding carboxylic acids is 1. The Kier molecular flexibility index (Phi) is 8.30. The zero-order valence-corrected chi connectivity index (χ0v) is 20.5. The van der Waals surface area contributed by atoms with Gasteiger partial charge >= 0.3 is 0 Å². The lowest BCUT2D eigenvalue weighted by Gasteiger charge is -2.39. The van der Waals surface area contributed by atoms with Crippen molar-refractivity contribution in [3.63, 3.8) is 0 Å². The van der Waals surface area contributed by atoms with Crippen molar-refractivity contribution in [1.29, 1.82) is 5.26 Å². The third-order valence-corrected chi connectivity index (χ3v) is 6.26. The lowest BCUT2D eigenvalue weighted by atomic mass is 9.88. The van der Waals surface area contributed by atoms with Gasteiger partial charge in [-0.3, -0.25) is 9.69 Å². The molecule has 0 bridgehead atoms. The van der Waals surface area contributed by atoms with Gasteiger partial charge in [0.15, 0.2) is 0 Å². The summed E-state index contributed by atoms with van der Waals surface area (Å²) in [6.45, 7) is 10.8. The molecular weight excluding hydrogens is 438 g/mol. The van der Waals surface area contributed by atoms with Crippen LogP contribution in [0, 0.1) is 11.3 Å². The number of nitriles is 1. The van der Waals surface area contributed by atoms with Crippen LogP contribution in [0.4, 0.5) is 0 Å². The fourth-order valence-corrected chi connectivity index (χ4v) is 4.37. The smallest absolute Gasteiger partial charge is 0.245 e. The lowest BCUT2D eigenvalue weighted by Crippen LogP contribution is -2.54. The molecular formula is C29H31N3O3. The largest absolute Gasteiger partial charge is 0.497 e. The van der Waals surface area contributed by atoms with Crippen LogP contribution in [0.1, 0.15) is 23.6 Å². The molecule has 0 heterocycles. The fraction of sp³-hybridized carbons (Fsp3) is 0.241. The van der Waals surface area contributed by atoms with Gasteiger partial charge in [0.05, 0.1) is 19.8 Å². The van der Waals surface area contributed by atoms with Crippen molar-refractivity contribution in [3.05, 3.63) is 96.6 Å². The van der Waals surface area contributed by atoms with Gasteiger partial charge in [-0.2, -0.15) is 5.26 Å². The standard InChI is InChI=1S/C29H31N3O3/c1-6-15-32(16-7-2)29(3,23-12-10-13-24(18-23)34-4)28(33)31-20-26-25-14-9-8-11-21(25)17-22(19-30)27(26)35-5/h6-14,17-18H,1-2,15-16,20H2,3-5H3,(H,31,33). The van der Waals surface area contributed by atoms with Gasteiger partial charge < -0.3 is 14.8 Å². The van der Waals surface area contributed by atoms with Gasteiger partial charge in [0.25, 0.3) is 0 Å². The molecule has 1 unspecified atom stereocenters. The summed E-state index contributed by atoms with van der Waals surface area (Å²) in [6, 6.07) is 19.2. The molecule has 3 aromatic rings. The van der Waals surface area contributed by atoms with E-state index in [2.05, 4.69) is 24.5 Å². The molecule has 6 heteroatoms. The SMILES string of the molecule is C=CCN(CC=C)C(C)(C(=O)NCc1c(OC)c(C#N)cc2ccccc12)c1cccc(OC)c1. The van der Waals surface area contributed by atoms with Crippen molar-refractivity contribution in [2.45, 2.75) is 19.0 Å². The van der Waals surface area contributed by atoms with Crippen LogP contribution in [0.3, 0.4) is 0 Å². The zero-order chi connectivity index (χ0) is 25.4. The molecule has 0 saturated heterocycles. The maximum Gasteiger partial charge on any atom is 0.245 e. The van der Waals surface area contributed by atoms with Crippen LogP contribution in [0.15, 0.2) is 79.9 Å². The molecule has 1 N–H and O–H groups in total. The van der Waals surface area contributed by atoms with Gasteiger partial charge in [-0.1, -0.05) is 48.6 Å². The monoisotopic (exact) mass is 469 g/mol. The Balaban J connectivity index is 2.07. The molecule has 1 atom stereocenters. The fourth-order valence-electron chi connectivity index (χ4n) is 4.37. The summed E-state index contributed by atoms with van der Waals surface area (Å²) in [5, 5.41) is 14.6. The number of nitrogens with one attached hydrogen (secondary N) is 1. The predicted octanol–water partition coefficient (Wildman–Crippen LogP) is 4.93. The lowest BCUT2D eigenvalue weighted by molar-refractivity contribution is -0.133. The third kappa shape index (κ3) is 5.06. The van der Waals surface area contributed by atoms with Crippen molar-refractivity contribution in [2.24, 2.45) is 0 Å². The first-order valence-electron chi connectivity index (χ1n) is 11.3. The second kappa shape index (κ2) is 11.4.